The van der Waals surface area contributed by atoms with Gasteiger partial charge in [-0.2, -0.15) is 0 Å². The zero-order valence-corrected chi connectivity index (χ0v) is 38.4. The monoisotopic (exact) mass is 881 g/mol. The van der Waals surface area contributed by atoms with Gasteiger partial charge in [0, 0.05) is 28.9 Å². The number of rotatable bonds is 6. The van der Waals surface area contributed by atoms with Crippen LogP contribution in [0.4, 0.5) is 0 Å². The van der Waals surface area contributed by atoms with Crippen LogP contribution in [0.2, 0.25) is 0 Å². The first-order valence-corrected chi connectivity index (χ1v) is 23.2. The van der Waals surface area contributed by atoms with Crippen molar-refractivity contribution in [2.24, 2.45) is 5.92 Å². The van der Waals surface area contributed by atoms with Gasteiger partial charge in [0.25, 0.3) is 0 Å². The van der Waals surface area contributed by atoms with E-state index < -0.39 is 0 Å². The highest BCUT2D eigenvalue weighted by Crippen LogP contribution is 2.38. The first-order valence-electron chi connectivity index (χ1n) is 23.2. The highest BCUT2D eigenvalue weighted by molar-refractivity contribution is 5.92. The van der Waals surface area contributed by atoms with Crippen LogP contribution in [0.1, 0.15) is 94.6 Å². The Morgan fingerprint density at radius 2 is 0.955 bits per heavy atom. The normalized spacial score (nSPS) is 14.7. The lowest BCUT2D eigenvalue weighted by molar-refractivity contribution is 0.537. The maximum absolute atomic E-state index is 2.53. The molecule has 6 aromatic carbocycles. The van der Waals surface area contributed by atoms with Crippen LogP contribution in [0.25, 0.3) is 61.4 Å². The highest BCUT2D eigenvalue weighted by atomic mass is 15.0. The first kappa shape index (κ1) is 49.5. The van der Waals surface area contributed by atoms with Crippen molar-refractivity contribution in [1.29, 1.82) is 0 Å². The molecule has 10 rings (SSSR count). The topological polar surface area (TPSA) is 9.86 Å². The molecule has 0 bridgehead atoms. The largest absolute Gasteiger partial charge is 0.313 e. The van der Waals surface area contributed by atoms with Gasteiger partial charge in [-0.1, -0.05) is 197 Å². The maximum atomic E-state index is 2.53. The highest BCUT2D eigenvalue weighted by Gasteiger charge is 2.21. The van der Waals surface area contributed by atoms with E-state index in [0.29, 0.717) is 5.92 Å². The van der Waals surface area contributed by atoms with Gasteiger partial charge >= 0.3 is 0 Å². The molecule has 2 aromatic heterocycles. The minimum atomic E-state index is 0. The molecule has 1 unspecified atom stereocenters. The third-order valence-corrected chi connectivity index (χ3v) is 13.1. The molecule has 67 heavy (non-hydrogen) atoms. The molecule has 2 aliphatic carbocycles. The van der Waals surface area contributed by atoms with E-state index in [9.17, 15) is 0 Å². The molecule has 0 fully saturated rings. The smallest absolute Gasteiger partial charge is 0.0535 e. The molecule has 0 amide bonds. The Labute approximate surface area is 403 Å². The molecule has 2 heterocycles. The first-order chi connectivity index (χ1) is 31.2. The van der Waals surface area contributed by atoms with Crippen molar-refractivity contribution in [3.05, 3.63) is 233 Å². The summed E-state index contributed by atoms with van der Waals surface area (Å²) < 4.78 is 4.95. The molecule has 0 N–H and O–H groups in total. The molecule has 0 saturated heterocycles. The summed E-state index contributed by atoms with van der Waals surface area (Å²) in [5, 5.41) is 1.38. The van der Waals surface area contributed by atoms with Crippen molar-refractivity contribution in [3.8, 4) is 44.9 Å². The van der Waals surface area contributed by atoms with Crippen molar-refractivity contribution in [2.75, 3.05) is 0 Å². The fourth-order valence-electron chi connectivity index (χ4n) is 9.27. The Bertz CT molecular complexity index is 2990. The molecule has 1 atom stereocenters. The maximum Gasteiger partial charge on any atom is 0.0535 e. The van der Waals surface area contributed by atoms with E-state index in [2.05, 4.69) is 239 Å². The minimum Gasteiger partial charge on any atom is -0.313 e. The molecule has 8 aromatic rings. The fraction of sp³-hybridized carbons (Fsp3) is 0.231. The third-order valence-electron chi connectivity index (χ3n) is 13.1. The Balaban J connectivity index is 0.000000612. The summed E-state index contributed by atoms with van der Waals surface area (Å²) in [6, 6.07) is 56.3. The molecule has 0 saturated carbocycles. The Hall–Kier alpha value is -6.90. The van der Waals surface area contributed by atoms with Crippen LogP contribution in [0, 0.1) is 33.6 Å². The van der Waals surface area contributed by atoms with Crippen LogP contribution in [0.15, 0.2) is 194 Å². The van der Waals surface area contributed by atoms with Gasteiger partial charge < -0.3 is 9.13 Å². The van der Waals surface area contributed by atoms with Gasteiger partial charge in [0.2, 0.25) is 0 Å². The van der Waals surface area contributed by atoms with Crippen LogP contribution in [-0.2, 0) is 12.8 Å². The Morgan fingerprint density at radius 1 is 0.463 bits per heavy atom. The molecule has 2 aliphatic rings. The molecular weight excluding hydrogens is 809 g/mol. The minimum absolute atomic E-state index is 0. The van der Waals surface area contributed by atoms with Gasteiger partial charge in [0.1, 0.15) is 0 Å². The molecule has 0 spiro atoms. The lowest BCUT2D eigenvalue weighted by atomic mass is 9.94. The second kappa shape index (κ2) is 22.1. The van der Waals surface area contributed by atoms with Crippen molar-refractivity contribution in [3.63, 3.8) is 0 Å². The second-order valence-electron chi connectivity index (χ2n) is 18.2. The predicted octanol–water partition coefficient (Wildman–Crippen LogP) is 18.6. The summed E-state index contributed by atoms with van der Waals surface area (Å²) in [4.78, 5) is 0. The zero-order valence-electron chi connectivity index (χ0n) is 38.4. The van der Waals surface area contributed by atoms with E-state index in [4.69, 9.17) is 0 Å². The number of hydrogen-bond acceptors (Lipinski definition) is 0. The summed E-state index contributed by atoms with van der Waals surface area (Å²) in [6.07, 6.45) is 19.2. The molecule has 2 nitrogen and oxygen atoms in total. The predicted molar refractivity (Wildman–Crippen MR) is 295 cm³/mol. The number of nitrogens with zero attached hydrogens (tertiary/aromatic N) is 2. The van der Waals surface area contributed by atoms with Gasteiger partial charge in [-0.15, -0.1) is 0 Å². The summed E-state index contributed by atoms with van der Waals surface area (Å²) >= 11 is 0. The summed E-state index contributed by atoms with van der Waals surface area (Å²) in [6.45, 7) is 13.1. The van der Waals surface area contributed by atoms with E-state index in [1.165, 1.54) is 107 Å². The van der Waals surface area contributed by atoms with Crippen LogP contribution >= 0.6 is 0 Å². The standard InChI is InChI=1S/C54H50N2.C8H10.3CH4/c1-37-10-8-11-44(20-15-37)51-33-34-52(45-21-16-39(3)17-22-45)55(51)47-28-23-41(24-29-47)42-25-30-48(31-26-42)56-53-12-7-5-6-9-40(4)35-49(53)50-36-46(27-32-54(50)56)43-18-13-38(2)14-19-43;1-7-3-5-8(2)6-4-7;;;/h5,7,10-11,13-34,36,40H,6,8-9,12,35H2,1-4H3;3-6H,1-2H3;3*1H4/b7-5-;;;;. The summed E-state index contributed by atoms with van der Waals surface area (Å²) in [7, 11) is 0. The van der Waals surface area contributed by atoms with Gasteiger partial charge in [0.15, 0.2) is 0 Å². The van der Waals surface area contributed by atoms with Crippen LogP contribution in [0.3, 0.4) is 0 Å². The fourth-order valence-corrected chi connectivity index (χ4v) is 9.27. The lowest BCUT2D eigenvalue weighted by Crippen LogP contribution is -2.04. The van der Waals surface area contributed by atoms with Crippen molar-refractivity contribution in [1.82, 2.24) is 9.13 Å². The van der Waals surface area contributed by atoms with Gasteiger partial charge in [-0.25, -0.2) is 0 Å². The molecule has 0 aliphatic heterocycles. The molecule has 342 valence electrons. The number of allylic oxidation sites excluding steroid dienone is 8. The van der Waals surface area contributed by atoms with Crippen LogP contribution in [0.5, 0.6) is 0 Å². The number of benzene rings is 6. The average molecular weight is 881 g/mol. The Kier molecular flexibility index (Phi) is 16.3. The van der Waals surface area contributed by atoms with Crippen LogP contribution < -0.4 is 0 Å². The van der Waals surface area contributed by atoms with Crippen molar-refractivity contribution >= 4 is 16.5 Å². The molecule has 2 heteroatoms. The van der Waals surface area contributed by atoms with Crippen molar-refractivity contribution < 1.29 is 0 Å². The molecular formula is C65H72N2. The summed E-state index contributed by atoms with van der Waals surface area (Å²) in [5.74, 6) is 0.626. The van der Waals surface area contributed by atoms with E-state index in [1.54, 1.807) is 0 Å². The second-order valence-corrected chi connectivity index (χ2v) is 18.2. The zero-order chi connectivity index (χ0) is 44.2. The van der Waals surface area contributed by atoms with Gasteiger partial charge in [-0.3, -0.25) is 0 Å². The quantitative estimate of drug-likeness (QED) is 0.147. The van der Waals surface area contributed by atoms with E-state index in [-0.39, 0.29) is 22.3 Å². The average Bonchev–Trinajstić information content (AvgIpc) is 3.82. The molecule has 0 radical (unpaired) electrons. The Morgan fingerprint density at radius 3 is 1.55 bits per heavy atom. The number of hydrogen-bond donors (Lipinski definition) is 0. The van der Waals surface area contributed by atoms with E-state index in [0.717, 1.165) is 31.4 Å². The van der Waals surface area contributed by atoms with Crippen LogP contribution in [-0.4, -0.2) is 9.13 Å². The number of fused-ring (bicyclic) bond motifs is 3. The van der Waals surface area contributed by atoms with Gasteiger partial charge in [-0.05, 0) is 154 Å². The van der Waals surface area contributed by atoms with Crippen molar-refractivity contribution in [2.45, 2.75) is 95.9 Å². The summed E-state index contributed by atoms with van der Waals surface area (Å²) in [5.41, 5.74) is 22.9. The van der Waals surface area contributed by atoms with E-state index >= 15 is 0 Å². The third kappa shape index (κ3) is 11.0. The number of aryl methyl sites for hydroxylation is 4. The number of aromatic nitrogens is 2. The van der Waals surface area contributed by atoms with Gasteiger partial charge in [0.05, 0.1) is 16.9 Å². The van der Waals surface area contributed by atoms with E-state index in [1.807, 2.05) is 0 Å². The SMILES string of the molecule is C.C.C.CC1=CCC=C(c2ccc(-c3ccc(C)cc3)n2-c2ccc(-c3ccc(-n4c5c(c6cc(-c7ccc(C)cc7)ccc64)CC(C)CC/C=C\C5)cc3)cc2)C=C1.Cc1ccc(C)cc1. The lowest BCUT2D eigenvalue weighted by Gasteiger charge is -2.16.